The maximum Gasteiger partial charge on any atom is 0.126 e. The smallest absolute Gasteiger partial charge is 0.126 e. The second-order valence-electron chi connectivity index (χ2n) is 4.47. The largest absolute Gasteiger partial charge is 0.306 e. The summed E-state index contributed by atoms with van der Waals surface area (Å²) in [5.41, 5.74) is 2.76. The zero-order chi connectivity index (χ0) is 13.0. The number of aromatic nitrogens is 1. The third-order valence-corrected chi connectivity index (χ3v) is 3.03. The molecule has 0 fully saturated rings. The second-order valence-corrected chi connectivity index (χ2v) is 4.47. The normalized spacial score (nSPS) is 12.4. The molecule has 0 bridgehead atoms. The molecular formula is C15H17FN2. The first-order valence-corrected chi connectivity index (χ1v) is 6.05. The van der Waals surface area contributed by atoms with Gasteiger partial charge in [0.15, 0.2) is 0 Å². The molecule has 0 saturated carbocycles. The van der Waals surface area contributed by atoms with Crippen molar-refractivity contribution in [1.29, 1.82) is 0 Å². The molecule has 0 aliphatic rings. The number of pyridine rings is 1. The monoisotopic (exact) mass is 244 g/mol. The van der Waals surface area contributed by atoms with E-state index in [9.17, 15) is 4.39 Å². The fourth-order valence-corrected chi connectivity index (χ4v) is 1.77. The fourth-order valence-electron chi connectivity index (χ4n) is 1.77. The molecule has 2 rings (SSSR count). The molecule has 94 valence electrons. The number of halogens is 1. The number of rotatable bonds is 4. The Morgan fingerprint density at radius 3 is 2.83 bits per heavy atom. The summed E-state index contributed by atoms with van der Waals surface area (Å²) in [5, 5.41) is 3.36. The molecule has 2 nitrogen and oxygen atoms in total. The lowest BCUT2D eigenvalue weighted by Crippen LogP contribution is -2.18. The number of nitrogens with one attached hydrogen (secondary N) is 1. The highest BCUT2D eigenvalue weighted by Gasteiger charge is 2.05. The van der Waals surface area contributed by atoms with E-state index in [4.69, 9.17) is 0 Å². The zero-order valence-electron chi connectivity index (χ0n) is 10.7. The van der Waals surface area contributed by atoms with Gasteiger partial charge in [0.05, 0.1) is 0 Å². The Bertz CT molecular complexity index is 511. The summed E-state index contributed by atoms with van der Waals surface area (Å²) in [6.07, 6.45) is 3.60. The standard InChI is InChI=1S/C15H17FN2/c1-11-5-6-13(8-15(11)16)9-18-12(2)14-4-3-7-17-10-14/h3-8,10,12,18H,9H2,1-2H3. The summed E-state index contributed by atoms with van der Waals surface area (Å²) in [5.74, 6) is -0.150. The number of hydrogen-bond acceptors (Lipinski definition) is 2. The van der Waals surface area contributed by atoms with Crippen molar-refractivity contribution in [3.63, 3.8) is 0 Å². The average molecular weight is 244 g/mol. The van der Waals surface area contributed by atoms with Crippen LogP contribution < -0.4 is 5.32 Å². The molecule has 1 heterocycles. The molecule has 0 amide bonds. The first kappa shape index (κ1) is 12.7. The number of hydrogen-bond donors (Lipinski definition) is 1. The van der Waals surface area contributed by atoms with Crippen LogP contribution in [0.4, 0.5) is 4.39 Å². The quantitative estimate of drug-likeness (QED) is 0.891. The van der Waals surface area contributed by atoms with Gasteiger partial charge in [0, 0.05) is 25.0 Å². The third-order valence-electron chi connectivity index (χ3n) is 3.03. The Morgan fingerprint density at radius 1 is 1.33 bits per heavy atom. The average Bonchev–Trinajstić information content (AvgIpc) is 2.41. The van der Waals surface area contributed by atoms with Crippen molar-refractivity contribution >= 4 is 0 Å². The van der Waals surface area contributed by atoms with Gasteiger partial charge in [-0.05, 0) is 42.7 Å². The minimum absolute atomic E-state index is 0.150. The van der Waals surface area contributed by atoms with Crippen molar-refractivity contribution in [2.24, 2.45) is 0 Å². The first-order chi connectivity index (χ1) is 8.66. The molecule has 2 aromatic rings. The summed E-state index contributed by atoms with van der Waals surface area (Å²) in [7, 11) is 0. The third kappa shape index (κ3) is 3.14. The van der Waals surface area contributed by atoms with Crippen LogP contribution in [0.25, 0.3) is 0 Å². The molecule has 0 spiro atoms. The van der Waals surface area contributed by atoms with Gasteiger partial charge in [-0.2, -0.15) is 0 Å². The molecule has 18 heavy (non-hydrogen) atoms. The van der Waals surface area contributed by atoms with Crippen LogP contribution in [0.1, 0.15) is 29.7 Å². The van der Waals surface area contributed by atoms with Crippen molar-refractivity contribution in [2.45, 2.75) is 26.4 Å². The maximum absolute atomic E-state index is 13.4. The van der Waals surface area contributed by atoms with Gasteiger partial charge < -0.3 is 5.32 Å². The topological polar surface area (TPSA) is 24.9 Å². The van der Waals surface area contributed by atoms with Crippen LogP contribution in [0, 0.1) is 12.7 Å². The van der Waals surface area contributed by atoms with E-state index in [0.717, 1.165) is 11.1 Å². The van der Waals surface area contributed by atoms with E-state index in [-0.39, 0.29) is 11.9 Å². The SMILES string of the molecule is Cc1ccc(CNC(C)c2cccnc2)cc1F. The van der Waals surface area contributed by atoms with Gasteiger partial charge in [0.1, 0.15) is 5.82 Å². The summed E-state index contributed by atoms with van der Waals surface area (Å²) < 4.78 is 13.4. The molecule has 0 aliphatic carbocycles. The molecule has 1 aromatic heterocycles. The van der Waals surface area contributed by atoms with E-state index in [1.54, 1.807) is 25.3 Å². The molecule has 3 heteroatoms. The highest BCUT2D eigenvalue weighted by molar-refractivity contribution is 5.23. The fraction of sp³-hybridized carbons (Fsp3) is 0.267. The minimum atomic E-state index is -0.150. The van der Waals surface area contributed by atoms with E-state index in [0.29, 0.717) is 12.1 Å². The molecule has 0 radical (unpaired) electrons. The predicted molar refractivity (Wildman–Crippen MR) is 70.6 cm³/mol. The van der Waals surface area contributed by atoms with Crippen LogP contribution in [0.3, 0.4) is 0 Å². The van der Waals surface area contributed by atoms with Crippen LogP contribution in [0.15, 0.2) is 42.7 Å². The van der Waals surface area contributed by atoms with Gasteiger partial charge in [0.25, 0.3) is 0 Å². The number of aryl methyl sites for hydroxylation is 1. The number of nitrogens with zero attached hydrogens (tertiary/aromatic N) is 1. The zero-order valence-corrected chi connectivity index (χ0v) is 10.7. The van der Waals surface area contributed by atoms with Crippen LogP contribution in [0.5, 0.6) is 0 Å². The molecular weight excluding hydrogens is 227 g/mol. The molecule has 1 unspecified atom stereocenters. The summed E-state index contributed by atoms with van der Waals surface area (Å²) in [6, 6.07) is 9.48. The van der Waals surface area contributed by atoms with Gasteiger partial charge in [-0.1, -0.05) is 18.2 Å². The van der Waals surface area contributed by atoms with Gasteiger partial charge in [-0.3, -0.25) is 4.98 Å². The maximum atomic E-state index is 13.4. The van der Waals surface area contributed by atoms with Crippen LogP contribution in [0.2, 0.25) is 0 Å². The highest BCUT2D eigenvalue weighted by atomic mass is 19.1. The lowest BCUT2D eigenvalue weighted by Gasteiger charge is -2.14. The van der Waals surface area contributed by atoms with Crippen LogP contribution >= 0.6 is 0 Å². The van der Waals surface area contributed by atoms with E-state index in [1.165, 1.54) is 0 Å². The Morgan fingerprint density at radius 2 is 2.17 bits per heavy atom. The van der Waals surface area contributed by atoms with Gasteiger partial charge in [-0.15, -0.1) is 0 Å². The highest BCUT2D eigenvalue weighted by Crippen LogP contribution is 2.13. The minimum Gasteiger partial charge on any atom is -0.306 e. The van der Waals surface area contributed by atoms with E-state index in [2.05, 4.69) is 17.2 Å². The van der Waals surface area contributed by atoms with E-state index >= 15 is 0 Å². The van der Waals surface area contributed by atoms with Crippen molar-refractivity contribution in [3.05, 3.63) is 65.2 Å². The predicted octanol–water partition coefficient (Wildman–Crippen LogP) is 3.38. The van der Waals surface area contributed by atoms with E-state index < -0.39 is 0 Å². The van der Waals surface area contributed by atoms with Gasteiger partial charge in [-0.25, -0.2) is 4.39 Å². The summed E-state index contributed by atoms with van der Waals surface area (Å²) in [6.45, 7) is 4.49. The Kier molecular flexibility index (Phi) is 4.05. The summed E-state index contributed by atoms with van der Waals surface area (Å²) >= 11 is 0. The Labute approximate surface area is 107 Å². The molecule has 1 N–H and O–H groups in total. The lowest BCUT2D eigenvalue weighted by molar-refractivity contribution is 0.566. The van der Waals surface area contributed by atoms with Gasteiger partial charge >= 0.3 is 0 Å². The molecule has 0 aliphatic heterocycles. The van der Waals surface area contributed by atoms with Crippen molar-refractivity contribution in [3.8, 4) is 0 Å². The van der Waals surface area contributed by atoms with Crippen LogP contribution in [-0.4, -0.2) is 4.98 Å². The van der Waals surface area contributed by atoms with Crippen molar-refractivity contribution < 1.29 is 4.39 Å². The molecule has 1 aromatic carbocycles. The molecule has 1 atom stereocenters. The number of benzene rings is 1. The Hall–Kier alpha value is -1.74. The Balaban J connectivity index is 1.97. The molecule has 0 saturated heterocycles. The van der Waals surface area contributed by atoms with Crippen molar-refractivity contribution in [2.75, 3.05) is 0 Å². The lowest BCUT2D eigenvalue weighted by atomic mass is 10.1. The first-order valence-electron chi connectivity index (χ1n) is 6.05. The van der Waals surface area contributed by atoms with Crippen LogP contribution in [-0.2, 0) is 6.54 Å². The van der Waals surface area contributed by atoms with Gasteiger partial charge in [0.2, 0.25) is 0 Å². The second kappa shape index (κ2) is 5.74. The van der Waals surface area contributed by atoms with Crippen molar-refractivity contribution in [1.82, 2.24) is 10.3 Å². The van der Waals surface area contributed by atoms with E-state index in [1.807, 2.05) is 24.4 Å². The summed E-state index contributed by atoms with van der Waals surface area (Å²) in [4.78, 5) is 4.09.